The third-order valence-electron chi connectivity index (χ3n) is 4.35. The molecule has 2 rings (SSSR count). The molecule has 0 unspecified atom stereocenters. The van der Waals surface area contributed by atoms with E-state index in [0.29, 0.717) is 18.0 Å². The molecule has 1 amide bonds. The first-order valence-corrected chi connectivity index (χ1v) is 8.45. The van der Waals surface area contributed by atoms with Crippen molar-refractivity contribution in [1.82, 2.24) is 10.6 Å². The first-order chi connectivity index (χ1) is 11.0. The summed E-state index contributed by atoms with van der Waals surface area (Å²) in [7, 11) is 1.61. The maximum absolute atomic E-state index is 12.0. The van der Waals surface area contributed by atoms with Gasteiger partial charge >= 0.3 is 0 Å². The highest BCUT2D eigenvalue weighted by Crippen LogP contribution is 2.28. The molecule has 1 saturated heterocycles. The summed E-state index contributed by atoms with van der Waals surface area (Å²) in [5.41, 5.74) is 1.02. The number of benzene rings is 1. The Morgan fingerprint density at radius 2 is 2.13 bits per heavy atom. The highest BCUT2D eigenvalue weighted by Gasteiger charge is 2.26. The summed E-state index contributed by atoms with van der Waals surface area (Å²) in [6.07, 6.45) is 2.63. The van der Waals surface area contributed by atoms with Gasteiger partial charge < -0.3 is 20.7 Å². The van der Waals surface area contributed by atoms with Gasteiger partial charge in [0.15, 0.2) is 0 Å². The number of amides is 1. The van der Waals surface area contributed by atoms with Crippen molar-refractivity contribution < 1.29 is 9.53 Å². The predicted molar refractivity (Wildman–Crippen MR) is 94.3 cm³/mol. The molecule has 3 N–H and O–H groups in total. The molecule has 0 bridgehead atoms. The summed E-state index contributed by atoms with van der Waals surface area (Å²) in [5.74, 6) is 0.787. The van der Waals surface area contributed by atoms with Crippen LogP contribution in [0.15, 0.2) is 18.2 Å². The standard InChI is InChI=1S/C17H26ClN3O2/c1-17(6-9-19-10-7-17)12-21-16(22)5-8-20-14-11-13(18)3-4-15(14)23-2/h3-4,11,19-20H,5-10,12H2,1-2H3,(H,21,22). The van der Waals surface area contributed by atoms with Crippen molar-refractivity contribution in [2.45, 2.75) is 26.2 Å². The smallest absolute Gasteiger partial charge is 0.221 e. The second-order valence-electron chi connectivity index (χ2n) is 6.36. The van der Waals surface area contributed by atoms with Gasteiger partial charge in [0.25, 0.3) is 0 Å². The number of halogens is 1. The van der Waals surface area contributed by atoms with Crippen molar-refractivity contribution >= 4 is 23.2 Å². The molecule has 1 aromatic carbocycles. The number of ether oxygens (including phenoxy) is 1. The molecule has 6 heteroatoms. The molecule has 5 nitrogen and oxygen atoms in total. The molecule has 0 aliphatic carbocycles. The van der Waals surface area contributed by atoms with E-state index in [4.69, 9.17) is 16.3 Å². The zero-order valence-electron chi connectivity index (χ0n) is 13.9. The van der Waals surface area contributed by atoms with Crippen molar-refractivity contribution in [1.29, 1.82) is 0 Å². The summed E-state index contributed by atoms with van der Waals surface area (Å²) in [5, 5.41) is 10.2. The summed E-state index contributed by atoms with van der Waals surface area (Å²) in [6, 6.07) is 5.38. The minimum Gasteiger partial charge on any atom is -0.495 e. The van der Waals surface area contributed by atoms with Crippen LogP contribution in [-0.4, -0.2) is 39.2 Å². The quantitative estimate of drug-likeness (QED) is 0.714. The van der Waals surface area contributed by atoms with Crippen LogP contribution in [0.25, 0.3) is 0 Å². The average Bonchev–Trinajstić information content (AvgIpc) is 2.54. The van der Waals surface area contributed by atoms with E-state index in [2.05, 4.69) is 22.9 Å². The lowest BCUT2D eigenvalue weighted by Crippen LogP contribution is -2.43. The number of carbonyl (C=O) groups is 1. The van der Waals surface area contributed by atoms with Crippen LogP contribution >= 0.6 is 11.6 Å². The molecule has 1 heterocycles. The first kappa shape index (κ1) is 17.9. The number of nitrogens with one attached hydrogen (secondary N) is 3. The molecule has 0 saturated carbocycles. The Labute approximate surface area is 143 Å². The largest absolute Gasteiger partial charge is 0.495 e. The van der Waals surface area contributed by atoms with Crippen LogP contribution in [0, 0.1) is 5.41 Å². The molecular weight excluding hydrogens is 314 g/mol. The van der Waals surface area contributed by atoms with Crippen molar-refractivity contribution in [3.05, 3.63) is 23.2 Å². The molecule has 0 spiro atoms. The highest BCUT2D eigenvalue weighted by atomic mass is 35.5. The van der Waals surface area contributed by atoms with Gasteiger partial charge in [-0.15, -0.1) is 0 Å². The van der Waals surface area contributed by atoms with E-state index in [-0.39, 0.29) is 11.3 Å². The van der Waals surface area contributed by atoms with Gasteiger partial charge in [0.1, 0.15) is 5.75 Å². The maximum atomic E-state index is 12.0. The molecule has 23 heavy (non-hydrogen) atoms. The molecule has 0 atom stereocenters. The Bertz CT molecular complexity index is 531. The number of anilines is 1. The maximum Gasteiger partial charge on any atom is 0.221 e. The SMILES string of the molecule is COc1ccc(Cl)cc1NCCC(=O)NCC1(C)CCNCC1. The topological polar surface area (TPSA) is 62.4 Å². The van der Waals surface area contributed by atoms with Crippen LogP contribution in [0.3, 0.4) is 0 Å². The van der Waals surface area contributed by atoms with Gasteiger partial charge in [0, 0.05) is 24.5 Å². The van der Waals surface area contributed by atoms with Crippen LogP contribution in [0.1, 0.15) is 26.2 Å². The highest BCUT2D eigenvalue weighted by molar-refractivity contribution is 6.30. The monoisotopic (exact) mass is 339 g/mol. The normalized spacial score (nSPS) is 16.7. The number of piperidine rings is 1. The number of carbonyl (C=O) groups excluding carboxylic acids is 1. The fourth-order valence-corrected chi connectivity index (χ4v) is 2.91. The third kappa shape index (κ3) is 5.59. The lowest BCUT2D eigenvalue weighted by atomic mass is 9.81. The Hall–Kier alpha value is -1.46. The molecule has 0 radical (unpaired) electrons. The summed E-state index contributed by atoms with van der Waals surface area (Å²) < 4.78 is 5.27. The van der Waals surface area contributed by atoms with E-state index in [9.17, 15) is 4.79 Å². The Balaban J connectivity index is 1.73. The molecular formula is C17H26ClN3O2. The van der Waals surface area contributed by atoms with Gasteiger partial charge in [0.2, 0.25) is 5.91 Å². The Morgan fingerprint density at radius 1 is 1.39 bits per heavy atom. The summed E-state index contributed by atoms with van der Waals surface area (Å²) in [4.78, 5) is 12.0. The van der Waals surface area contributed by atoms with E-state index in [1.54, 1.807) is 19.2 Å². The molecule has 1 aromatic rings. The molecule has 128 valence electrons. The fraction of sp³-hybridized carbons (Fsp3) is 0.588. The van der Waals surface area contributed by atoms with Crippen molar-refractivity contribution in [3.63, 3.8) is 0 Å². The van der Waals surface area contributed by atoms with E-state index in [1.165, 1.54) is 0 Å². The van der Waals surface area contributed by atoms with Crippen molar-refractivity contribution in [3.8, 4) is 5.75 Å². The van der Waals surface area contributed by atoms with Crippen LogP contribution < -0.4 is 20.7 Å². The zero-order chi connectivity index (χ0) is 16.7. The molecule has 1 fully saturated rings. The van der Waals surface area contributed by atoms with E-state index in [1.807, 2.05) is 6.07 Å². The Kier molecular flexibility index (Phi) is 6.54. The van der Waals surface area contributed by atoms with Gasteiger partial charge in [-0.2, -0.15) is 0 Å². The van der Waals surface area contributed by atoms with E-state index < -0.39 is 0 Å². The second-order valence-corrected chi connectivity index (χ2v) is 6.80. The van der Waals surface area contributed by atoms with Crippen LogP contribution in [0.5, 0.6) is 5.75 Å². The van der Waals surface area contributed by atoms with Gasteiger partial charge in [-0.05, 0) is 49.5 Å². The number of hydrogen-bond donors (Lipinski definition) is 3. The first-order valence-electron chi connectivity index (χ1n) is 8.07. The summed E-state index contributed by atoms with van der Waals surface area (Å²) >= 11 is 5.99. The number of methoxy groups -OCH3 is 1. The molecule has 1 aliphatic heterocycles. The predicted octanol–water partition coefficient (Wildman–Crippen LogP) is 2.66. The van der Waals surface area contributed by atoms with Crippen LogP contribution in [-0.2, 0) is 4.79 Å². The molecule has 1 aliphatic rings. The second kappa shape index (κ2) is 8.41. The van der Waals surface area contributed by atoms with Crippen molar-refractivity contribution in [2.75, 3.05) is 38.6 Å². The minimum absolute atomic E-state index is 0.0678. The van der Waals surface area contributed by atoms with E-state index in [0.717, 1.165) is 43.9 Å². The van der Waals surface area contributed by atoms with E-state index >= 15 is 0 Å². The zero-order valence-corrected chi connectivity index (χ0v) is 14.6. The third-order valence-corrected chi connectivity index (χ3v) is 4.59. The van der Waals surface area contributed by atoms with Gasteiger partial charge in [-0.3, -0.25) is 4.79 Å². The average molecular weight is 340 g/mol. The molecule has 0 aromatic heterocycles. The lowest BCUT2D eigenvalue weighted by Gasteiger charge is -2.34. The van der Waals surface area contributed by atoms with Gasteiger partial charge in [0.05, 0.1) is 12.8 Å². The Morgan fingerprint density at radius 3 is 2.83 bits per heavy atom. The van der Waals surface area contributed by atoms with Gasteiger partial charge in [-0.25, -0.2) is 0 Å². The number of rotatable bonds is 7. The van der Waals surface area contributed by atoms with Crippen LogP contribution in [0.4, 0.5) is 5.69 Å². The number of hydrogen-bond acceptors (Lipinski definition) is 4. The summed E-state index contributed by atoms with van der Waals surface area (Å²) in [6.45, 7) is 5.59. The van der Waals surface area contributed by atoms with Crippen LogP contribution in [0.2, 0.25) is 5.02 Å². The van der Waals surface area contributed by atoms with Gasteiger partial charge in [-0.1, -0.05) is 18.5 Å². The minimum atomic E-state index is 0.0678. The van der Waals surface area contributed by atoms with Crippen molar-refractivity contribution in [2.24, 2.45) is 5.41 Å². The lowest BCUT2D eigenvalue weighted by molar-refractivity contribution is -0.121. The fourth-order valence-electron chi connectivity index (χ4n) is 2.74.